The van der Waals surface area contributed by atoms with Crippen molar-refractivity contribution < 1.29 is 4.42 Å². The Morgan fingerprint density at radius 2 is 2.12 bits per heavy atom. The van der Waals surface area contributed by atoms with Crippen LogP contribution in [-0.2, 0) is 0 Å². The summed E-state index contributed by atoms with van der Waals surface area (Å²) in [6.07, 6.45) is 5.67. The van der Waals surface area contributed by atoms with E-state index in [0.717, 1.165) is 12.3 Å². The van der Waals surface area contributed by atoms with E-state index in [1.165, 1.54) is 11.3 Å². The zero-order valence-corrected chi connectivity index (χ0v) is 10.5. The average Bonchev–Trinajstić information content (AvgIpc) is 2.95. The van der Waals surface area contributed by atoms with Crippen LogP contribution >= 0.6 is 11.3 Å². The van der Waals surface area contributed by atoms with E-state index in [-0.39, 0.29) is 0 Å². The molecule has 0 amide bonds. The lowest BCUT2D eigenvalue weighted by Gasteiger charge is -2.11. The number of nitrogens with zero attached hydrogens (tertiary/aromatic N) is 1. The Morgan fingerprint density at radius 3 is 2.75 bits per heavy atom. The molecule has 0 aromatic carbocycles. The van der Waals surface area contributed by atoms with Crippen LogP contribution in [0.2, 0.25) is 0 Å². The maximum Gasteiger partial charge on any atom is 0.196 e. The van der Waals surface area contributed by atoms with Gasteiger partial charge >= 0.3 is 0 Å². The fourth-order valence-corrected chi connectivity index (χ4v) is 2.64. The number of thiophene rings is 1. The molecule has 2 aromatic heterocycles. The van der Waals surface area contributed by atoms with E-state index in [1.807, 2.05) is 11.3 Å². The normalized spacial score (nSPS) is 14.9. The first kappa shape index (κ1) is 11.4. The fourth-order valence-electron chi connectivity index (χ4n) is 1.82. The zero-order valence-electron chi connectivity index (χ0n) is 9.72. The lowest BCUT2D eigenvalue weighted by atomic mass is 9.97. The van der Waals surface area contributed by atoms with E-state index in [4.69, 9.17) is 4.42 Å². The third kappa shape index (κ3) is 2.73. The van der Waals surface area contributed by atoms with Crippen LogP contribution < -0.4 is 0 Å². The number of hydrogen-bond donors (Lipinski definition) is 0. The highest BCUT2D eigenvalue weighted by Gasteiger charge is 2.13. The third-order valence-corrected chi connectivity index (χ3v) is 4.04. The molecule has 0 aliphatic rings. The van der Waals surface area contributed by atoms with Crippen LogP contribution in [0.1, 0.15) is 49.3 Å². The second-order valence-electron chi connectivity index (χ2n) is 4.27. The van der Waals surface area contributed by atoms with E-state index in [9.17, 15) is 0 Å². The summed E-state index contributed by atoms with van der Waals surface area (Å²) in [5, 5.41) is 2.14. The van der Waals surface area contributed by atoms with Gasteiger partial charge in [0.05, 0.1) is 6.20 Å². The van der Waals surface area contributed by atoms with E-state index in [0.29, 0.717) is 11.8 Å². The second-order valence-corrected chi connectivity index (χ2v) is 5.24. The predicted octanol–water partition coefficient (Wildman–Crippen LogP) is 4.42. The van der Waals surface area contributed by atoms with Crippen molar-refractivity contribution in [1.82, 2.24) is 4.98 Å². The van der Waals surface area contributed by atoms with Gasteiger partial charge in [0.15, 0.2) is 5.89 Å². The van der Waals surface area contributed by atoms with Crippen molar-refractivity contribution in [3.63, 3.8) is 0 Å². The molecule has 2 atom stereocenters. The minimum atomic E-state index is 0.414. The Hall–Kier alpha value is -1.09. The summed E-state index contributed by atoms with van der Waals surface area (Å²) in [7, 11) is 0. The minimum absolute atomic E-state index is 0.414. The highest BCUT2D eigenvalue weighted by Crippen LogP contribution is 2.29. The van der Waals surface area contributed by atoms with E-state index < -0.39 is 0 Å². The van der Waals surface area contributed by atoms with Crippen LogP contribution in [-0.4, -0.2) is 4.98 Å². The number of hydrogen-bond acceptors (Lipinski definition) is 3. The molecule has 0 aliphatic carbocycles. The molecule has 0 bridgehead atoms. The van der Waals surface area contributed by atoms with Gasteiger partial charge in [0.1, 0.15) is 6.26 Å². The monoisotopic (exact) mass is 235 g/mol. The Balaban J connectivity index is 1.84. The highest BCUT2D eigenvalue weighted by molar-refractivity contribution is 7.10. The van der Waals surface area contributed by atoms with Crippen LogP contribution in [0.4, 0.5) is 0 Å². The molecule has 0 spiro atoms. The Morgan fingerprint density at radius 1 is 1.31 bits per heavy atom. The van der Waals surface area contributed by atoms with Gasteiger partial charge in [-0.2, -0.15) is 0 Å². The smallest absolute Gasteiger partial charge is 0.196 e. The van der Waals surface area contributed by atoms with Gasteiger partial charge in [-0.1, -0.05) is 19.9 Å². The SMILES string of the molecule is CC(CCC(C)c1cccs1)c1ncco1. The number of aromatic nitrogens is 1. The van der Waals surface area contributed by atoms with E-state index >= 15 is 0 Å². The van der Waals surface area contributed by atoms with E-state index in [1.54, 1.807) is 12.5 Å². The van der Waals surface area contributed by atoms with Crippen molar-refractivity contribution in [3.05, 3.63) is 40.7 Å². The van der Waals surface area contributed by atoms with Gasteiger partial charge in [0.2, 0.25) is 0 Å². The predicted molar refractivity (Wildman–Crippen MR) is 66.9 cm³/mol. The Labute approximate surface area is 100 Å². The lowest BCUT2D eigenvalue weighted by molar-refractivity contribution is 0.433. The molecule has 16 heavy (non-hydrogen) atoms. The van der Waals surface area contributed by atoms with E-state index in [2.05, 4.69) is 36.3 Å². The first-order chi connectivity index (χ1) is 7.77. The minimum Gasteiger partial charge on any atom is -0.449 e. The summed E-state index contributed by atoms with van der Waals surface area (Å²) in [6.45, 7) is 4.46. The molecular formula is C13H17NOS. The molecule has 2 unspecified atom stereocenters. The first-order valence-electron chi connectivity index (χ1n) is 5.70. The van der Waals surface area contributed by atoms with Crippen LogP contribution in [0.5, 0.6) is 0 Å². The molecule has 0 N–H and O–H groups in total. The number of oxazole rings is 1. The van der Waals surface area contributed by atoms with Gasteiger partial charge in [-0.05, 0) is 30.2 Å². The first-order valence-corrected chi connectivity index (χ1v) is 6.58. The molecule has 2 aromatic rings. The highest BCUT2D eigenvalue weighted by atomic mass is 32.1. The lowest BCUT2D eigenvalue weighted by Crippen LogP contribution is -1.97. The van der Waals surface area contributed by atoms with Crippen molar-refractivity contribution in [2.45, 2.75) is 38.5 Å². The molecule has 0 saturated heterocycles. The summed E-state index contributed by atoms with van der Waals surface area (Å²) in [5.41, 5.74) is 0. The molecule has 2 heterocycles. The summed E-state index contributed by atoms with van der Waals surface area (Å²) < 4.78 is 5.31. The Bertz CT molecular complexity index is 353. The van der Waals surface area contributed by atoms with Crippen LogP contribution in [0, 0.1) is 0 Å². The molecule has 0 fully saturated rings. The summed E-state index contributed by atoms with van der Waals surface area (Å²) in [5.74, 6) is 1.91. The van der Waals surface area contributed by atoms with Crippen LogP contribution in [0.3, 0.4) is 0 Å². The van der Waals surface area contributed by atoms with Gasteiger partial charge < -0.3 is 4.42 Å². The van der Waals surface area contributed by atoms with Crippen molar-refractivity contribution in [2.24, 2.45) is 0 Å². The summed E-state index contributed by atoms with van der Waals surface area (Å²) >= 11 is 1.84. The van der Waals surface area contributed by atoms with Crippen molar-refractivity contribution in [3.8, 4) is 0 Å². The molecule has 0 radical (unpaired) electrons. The second kappa shape index (κ2) is 5.30. The largest absolute Gasteiger partial charge is 0.449 e. The van der Waals surface area contributed by atoms with Crippen LogP contribution in [0.15, 0.2) is 34.4 Å². The zero-order chi connectivity index (χ0) is 11.4. The summed E-state index contributed by atoms with van der Waals surface area (Å²) in [6, 6.07) is 4.33. The number of rotatable bonds is 5. The van der Waals surface area contributed by atoms with Crippen molar-refractivity contribution in [1.29, 1.82) is 0 Å². The molecule has 0 aliphatic heterocycles. The molecule has 2 rings (SSSR count). The van der Waals surface area contributed by atoms with Gasteiger partial charge in [-0.3, -0.25) is 0 Å². The van der Waals surface area contributed by atoms with Gasteiger partial charge in [-0.25, -0.2) is 4.98 Å². The maximum atomic E-state index is 5.31. The van der Waals surface area contributed by atoms with Gasteiger partial charge in [0.25, 0.3) is 0 Å². The quantitative estimate of drug-likeness (QED) is 0.766. The Kier molecular flexibility index (Phi) is 3.78. The molecular weight excluding hydrogens is 218 g/mol. The topological polar surface area (TPSA) is 26.0 Å². The van der Waals surface area contributed by atoms with Crippen LogP contribution in [0.25, 0.3) is 0 Å². The molecule has 3 heteroatoms. The standard InChI is InChI=1S/C13H17NOS/c1-10(12-4-3-9-16-12)5-6-11(2)13-14-7-8-15-13/h3-4,7-11H,5-6H2,1-2H3. The molecule has 2 nitrogen and oxygen atoms in total. The molecule has 0 saturated carbocycles. The maximum absolute atomic E-state index is 5.31. The molecule has 86 valence electrons. The van der Waals surface area contributed by atoms with Crippen molar-refractivity contribution >= 4 is 11.3 Å². The third-order valence-electron chi connectivity index (χ3n) is 2.93. The van der Waals surface area contributed by atoms with Gasteiger partial charge in [0, 0.05) is 10.8 Å². The van der Waals surface area contributed by atoms with Gasteiger partial charge in [-0.15, -0.1) is 11.3 Å². The fraction of sp³-hybridized carbons (Fsp3) is 0.462. The van der Waals surface area contributed by atoms with Crippen molar-refractivity contribution in [2.75, 3.05) is 0 Å². The average molecular weight is 235 g/mol. The summed E-state index contributed by atoms with van der Waals surface area (Å²) in [4.78, 5) is 5.66.